The molecule has 0 saturated heterocycles. The van der Waals surface area contributed by atoms with Crippen LogP contribution >= 0.6 is 0 Å². The molecule has 1 rings (SSSR count). The van der Waals surface area contributed by atoms with Gasteiger partial charge in [-0.2, -0.15) is 0 Å². The van der Waals surface area contributed by atoms with E-state index in [2.05, 4.69) is 5.32 Å². The summed E-state index contributed by atoms with van der Waals surface area (Å²) >= 11 is 0. The van der Waals surface area contributed by atoms with E-state index in [0.29, 0.717) is 5.69 Å². The SMILES string of the molecule is C#CC(=O)Nc1cc(C(=O)O)ccc1C. The Balaban J connectivity index is 3.07. The lowest BCUT2D eigenvalue weighted by atomic mass is 10.1. The second-order valence-electron chi connectivity index (χ2n) is 2.93. The van der Waals surface area contributed by atoms with Crippen molar-refractivity contribution < 1.29 is 14.7 Å². The van der Waals surface area contributed by atoms with Crippen molar-refractivity contribution in [2.75, 3.05) is 5.32 Å². The summed E-state index contributed by atoms with van der Waals surface area (Å²) in [5.74, 6) is 0.245. The molecule has 2 N–H and O–H groups in total. The fourth-order valence-electron chi connectivity index (χ4n) is 1.05. The first-order valence-electron chi connectivity index (χ1n) is 4.16. The number of hydrogen-bond donors (Lipinski definition) is 2. The highest BCUT2D eigenvalue weighted by molar-refractivity contribution is 6.04. The zero-order valence-corrected chi connectivity index (χ0v) is 8.07. The number of anilines is 1. The summed E-state index contributed by atoms with van der Waals surface area (Å²) in [4.78, 5) is 21.6. The first kappa shape index (κ1) is 10.8. The molecule has 1 amide bonds. The van der Waals surface area contributed by atoms with E-state index in [9.17, 15) is 9.59 Å². The van der Waals surface area contributed by atoms with E-state index in [1.165, 1.54) is 12.1 Å². The van der Waals surface area contributed by atoms with Crippen molar-refractivity contribution in [2.45, 2.75) is 6.92 Å². The van der Waals surface area contributed by atoms with Gasteiger partial charge in [-0.25, -0.2) is 4.79 Å². The maximum absolute atomic E-state index is 10.9. The average molecular weight is 203 g/mol. The van der Waals surface area contributed by atoms with Crippen molar-refractivity contribution in [3.63, 3.8) is 0 Å². The van der Waals surface area contributed by atoms with Crippen molar-refractivity contribution in [1.29, 1.82) is 0 Å². The highest BCUT2D eigenvalue weighted by Gasteiger charge is 2.07. The molecule has 0 aliphatic carbocycles. The van der Waals surface area contributed by atoms with E-state index in [-0.39, 0.29) is 5.56 Å². The van der Waals surface area contributed by atoms with Crippen molar-refractivity contribution in [1.82, 2.24) is 0 Å². The summed E-state index contributed by atoms with van der Waals surface area (Å²) in [6.45, 7) is 1.75. The van der Waals surface area contributed by atoms with E-state index in [1.54, 1.807) is 13.0 Å². The van der Waals surface area contributed by atoms with Gasteiger partial charge in [0, 0.05) is 5.69 Å². The molecule has 0 atom stereocenters. The first-order chi connectivity index (χ1) is 7.04. The van der Waals surface area contributed by atoms with Crippen LogP contribution in [0.3, 0.4) is 0 Å². The number of carboxylic acids is 1. The lowest BCUT2D eigenvalue weighted by Gasteiger charge is -2.06. The van der Waals surface area contributed by atoms with Crippen molar-refractivity contribution in [2.24, 2.45) is 0 Å². The standard InChI is InChI=1S/C11H9NO3/c1-3-10(13)12-9-6-8(11(14)15)5-4-7(9)2/h1,4-6H,2H3,(H,12,13)(H,14,15). The predicted molar refractivity (Wildman–Crippen MR) is 55.6 cm³/mol. The number of amides is 1. The number of aryl methyl sites for hydroxylation is 1. The van der Waals surface area contributed by atoms with Gasteiger partial charge in [0.15, 0.2) is 0 Å². The molecular formula is C11H9NO3. The summed E-state index contributed by atoms with van der Waals surface area (Å²) in [6, 6.07) is 4.44. The van der Waals surface area contributed by atoms with E-state index < -0.39 is 11.9 Å². The number of benzene rings is 1. The van der Waals surface area contributed by atoms with Gasteiger partial charge in [0.2, 0.25) is 0 Å². The van der Waals surface area contributed by atoms with Crippen LogP contribution in [0.2, 0.25) is 0 Å². The van der Waals surface area contributed by atoms with Crippen LogP contribution < -0.4 is 5.32 Å². The Labute approximate surface area is 86.9 Å². The Morgan fingerprint density at radius 3 is 2.67 bits per heavy atom. The van der Waals surface area contributed by atoms with E-state index in [1.807, 2.05) is 5.92 Å². The van der Waals surface area contributed by atoms with Gasteiger partial charge in [0.1, 0.15) is 0 Å². The monoisotopic (exact) mass is 203 g/mol. The Hall–Kier alpha value is -2.28. The van der Waals surface area contributed by atoms with Gasteiger partial charge >= 0.3 is 5.97 Å². The Kier molecular flexibility index (Phi) is 3.09. The molecule has 15 heavy (non-hydrogen) atoms. The van der Waals surface area contributed by atoms with Gasteiger partial charge < -0.3 is 10.4 Å². The van der Waals surface area contributed by atoms with Crippen LogP contribution in [-0.4, -0.2) is 17.0 Å². The van der Waals surface area contributed by atoms with Crippen molar-refractivity contribution in [3.8, 4) is 12.3 Å². The van der Waals surface area contributed by atoms with Gasteiger partial charge in [-0.3, -0.25) is 4.79 Å². The topological polar surface area (TPSA) is 66.4 Å². The molecule has 0 aromatic heterocycles. The normalized spacial score (nSPS) is 9.07. The molecule has 4 heteroatoms. The van der Waals surface area contributed by atoms with E-state index in [0.717, 1.165) is 5.56 Å². The number of rotatable bonds is 2. The molecule has 76 valence electrons. The van der Waals surface area contributed by atoms with Crippen LogP contribution in [0.5, 0.6) is 0 Å². The van der Waals surface area contributed by atoms with Gasteiger partial charge in [0.05, 0.1) is 5.56 Å². The number of terminal acetylenes is 1. The minimum atomic E-state index is -1.05. The van der Waals surface area contributed by atoms with Crippen LogP contribution in [0, 0.1) is 19.3 Å². The van der Waals surface area contributed by atoms with Crippen molar-refractivity contribution >= 4 is 17.6 Å². The number of carbonyl (C=O) groups is 2. The molecule has 1 aromatic rings. The third-order valence-electron chi connectivity index (χ3n) is 1.86. The molecular weight excluding hydrogens is 194 g/mol. The molecule has 0 unspecified atom stereocenters. The Morgan fingerprint density at radius 2 is 2.13 bits per heavy atom. The Bertz CT molecular complexity index is 457. The highest BCUT2D eigenvalue weighted by atomic mass is 16.4. The smallest absolute Gasteiger partial charge is 0.335 e. The van der Waals surface area contributed by atoms with Crippen LogP contribution in [-0.2, 0) is 4.79 Å². The first-order valence-corrected chi connectivity index (χ1v) is 4.16. The summed E-state index contributed by atoms with van der Waals surface area (Å²) in [5, 5.41) is 11.2. The lowest BCUT2D eigenvalue weighted by Crippen LogP contribution is -2.10. The third kappa shape index (κ3) is 2.58. The number of carbonyl (C=O) groups excluding carboxylic acids is 1. The molecule has 0 heterocycles. The zero-order valence-electron chi connectivity index (χ0n) is 8.07. The largest absolute Gasteiger partial charge is 0.478 e. The molecule has 1 aromatic carbocycles. The molecule has 0 aliphatic rings. The summed E-state index contributed by atoms with van der Waals surface area (Å²) in [5.41, 5.74) is 1.27. The van der Waals surface area contributed by atoms with Crippen LogP contribution in [0.4, 0.5) is 5.69 Å². The highest BCUT2D eigenvalue weighted by Crippen LogP contribution is 2.16. The third-order valence-corrected chi connectivity index (χ3v) is 1.86. The lowest BCUT2D eigenvalue weighted by molar-refractivity contribution is -0.111. The Morgan fingerprint density at radius 1 is 1.47 bits per heavy atom. The predicted octanol–water partition coefficient (Wildman–Crippen LogP) is 1.26. The summed E-state index contributed by atoms with van der Waals surface area (Å²) in [6.07, 6.45) is 4.89. The number of hydrogen-bond acceptors (Lipinski definition) is 2. The van der Waals surface area contributed by atoms with Gasteiger partial charge in [-0.15, -0.1) is 6.42 Å². The second-order valence-corrected chi connectivity index (χ2v) is 2.93. The van der Waals surface area contributed by atoms with Crippen LogP contribution in [0.25, 0.3) is 0 Å². The van der Waals surface area contributed by atoms with Gasteiger partial charge in [0.25, 0.3) is 5.91 Å². The average Bonchev–Trinajstić information content (AvgIpc) is 2.20. The molecule has 0 aliphatic heterocycles. The number of nitrogens with one attached hydrogen (secondary N) is 1. The molecule has 0 fully saturated rings. The zero-order chi connectivity index (χ0) is 11.4. The molecule has 0 spiro atoms. The molecule has 0 saturated carbocycles. The van der Waals surface area contributed by atoms with Crippen LogP contribution in [0.15, 0.2) is 18.2 Å². The molecule has 0 bridgehead atoms. The molecule has 0 radical (unpaired) electrons. The second kappa shape index (κ2) is 4.29. The maximum atomic E-state index is 10.9. The van der Waals surface area contributed by atoms with Crippen LogP contribution in [0.1, 0.15) is 15.9 Å². The quantitative estimate of drug-likeness (QED) is 0.711. The summed E-state index contributed by atoms with van der Waals surface area (Å²) in [7, 11) is 0. The minimum absolute atomic E-state index is 0.105. The molecule has 4 nitrogen and oxygen atoms in total. The number of carboxylic acid groups (broad SMARTS) is 1. The number of aromatic carboxylic acids is 1. The summed E-state index contributed by atoms with van der Waals surface area (Å²) < 4.78 is 0. The van der Waals surface area contributed by atoms with Gasteiger partial charge in [-0.05, 0) is 30.5 Å². The maximum Gasteiger partial charge on any atom is 0.335 e. The fourth-order valence-corrected chi connectivity index (χ4v) is 1.05. The fraction of sp³-hybridized carbons (Fsp3) is 0.0909. The van der Waals surface area contributed by atoms with Gasteiger partial charge in [-0.1, -0.05) is 6.07 Å². The van der Waals surface area contributed by atoms with Crippen molar-refractivity contribution in [3.05, 3.63) is 29.3 Å². The van der Waals surface area contributed by atoms with E-state index in [4.69, 9.17) is 11.5 Å². The van der Waals surface area contributed by atoms with E-state index >= 15 is 0 Å². The minimum Gasteiger partial charge on any atom is -0.478 e.